The topological polar surface area (TPSA) is 54.0 Å². The summed E-state index contributed by atoms with van der Waals surface area (Å²) in [4.78, 5) is 16.1. The van der Waals surface area contributed by atoms with Gasteiger partial charge in [0.15, 0.2) is 0 Å². The summed E-state index contributed by atoms with van der Waals surface area (Å²) in [7, 11) is 1.78. The first-order valence-corrected chi connectivity index (χ1v) is 6.66. The molecule has 0 aliphatic heterocycles. The number of rotatable bonds is 5. The van der Waals surface area contributed by atoms with Crippen LogP contribution in [-0.2, 0) is 6.42 Å². The molecule has 0 radical (unpaired) electrons. The van der Waals surface area contributed by atoms with Gasteiger partial charge in [-0.05, 0) is 31.0 Å². The van der Waals surface area contributed by atoms with E-state index in [9.17, 15) is 4.79 Å². The van der Waals surface area contributed by atoms with Crippen molar-refractivity contribution in [1.82, 2.24) is 10.3 Å². The minimum Gasteiger partial charge on any atom is -0.373 e. The zero-order valence-corrected chi connectivity index (χ0v) is 11.8. The molecule has 4 nitrogen and oxygen atoms in total. The number of nitrogens with zero attached hydrogens (tertiary/aromatic N) is 1. The third kappa shape index (κ3) is 3.82. The molecule has 104 valence electrons. The van der Waals surface area contributed by atoms with Crippen LogP contribution in [0.1, 0.15) is 21.5 Å². The van der Waals surface area contributed by atoms with Crippen LogP contribution in [0.15, 0.2) is 42.6 Å². The Kier molecular flexibility index (Phi) is 4.71. The standard InChI is InChI=1S/C16H19N3O/c1-12-4-3-5-13(10-12)6-8-19-16(20)14-7-9-18-15(11-14)17-2/h3-5,7,9-11H,6,8H2,1-2H3,(H,17,18)(H,19,20). The summed E-state index contributed by atoms with van der Waals surface area (Å²) in [5.41, 5.74) is 3.09. The van der Waals surface area contributed by atoms with Crippen molar-refractivity contribution in [3.63, 3.8) is 0 Å². The van der Waals surface area contributed by atoms with E-state index in [1.54, 1.807) is 25.4 Å². The fourth-order valence-electron chi connectivity index (χ4n) is 2.00. The highest BCUT2D eigenvalue weighted by atomic mass is 16.1. The van der Waals surface area contributed by atoms with Crippen molar-refractivity contribution in [2.75, 3.05) is 18.9 Å². The van der Waals surface area contributed by atoms with Crippen LogP contribution in [0, 0.1) is 6.92 Å². The maximum Gasteiger partial charge on any atom is 0.251 e. The van der Waals surface area contributed by atoms with Gasteiger partial charge in [0, 0.05) is 25.4 Å². The number of amides is 1. The smallest absolute Gasteiger partial charge is 0.251 e. The molecule has 0 saturated heterocycles. The largest absolute Gasteiger partial charge is 0.373 e. The van der Waals surface area contributed by atoms with Crippen molar-refractivity contribution >= 4 is 11.7 Å². The molecular formula is C16H19N3O. The quantitative estimate of drug-likeness (QED) is 0.876. The normalized spacial score (nSPS) is 10.1. The first kappa shape index (κ1) is 14.1. The van der Waals surface area contributed by atoms with E-state index in [1.165, 1.54) is 11.1 Å². The predicted molar refractivity (Wildman–Crippen MR) is 81.0 cm³/mol. The van der Waals surface area contributed by atoms with Crippen LogP contribution in [0.4, 0.5) is 5.82 Å². The summed E-state index contributed by atoms with van der Waals surface area (Å²) < 4.78 is 0. The Morgan fingerprint density at radius 3 is 2.85 bits per heavy atom. The van der Waals surface area contributed by atoms with Crippen molar-refractivity contribution in [2.45, 2.75) is 13.3 Å². The second-order valence-electron chi connectivity index (χ2n) is 4.67. The number of benzene rings is 1. The molecule has 20 heavy (non-hydrogen) atoms. The predicted octanol–water partition coefficient (Wildman–Crippen LogP) is 2.40. The molecule has 2 aromatic rings. The molecule has 4 heteroatoms. The number of aryl methyl sites for hydroxylation is 1. The third-order valence-electron chi connectivity index (χ3n) is 3.06. The molecule has 1 amide bonds. The van der Waals surface area contributed by atoms with Crippen LogP contribution in [-0.4, -0.2) is 24.5 Å². The Hall–Kier alpha value is -2.36. The summed E-state index contributed by atoms with van der Waals surface area (Å²) in [6, 6.07) is 11.8. The second kappa shape index (κ2) is 6.70. The lowest BCUT2D eigenvalue weighted by molar-refractivity contribution is 0.0954. The fourth-order valence-corrected chi connectivity index (χ4v) is 2.00. The molecule has 0 saturated carbocycles. The van der Waals surface area contributed by atoms with Gasteiger partial charge in [0.2, 0.25) is 0 Å². The lowest BCUT2D eigenvalue weighted by Crippen LogP contribution is -2.25. The molecule has 0 aliphatic rings. The molecule has 2 N–H and O–H groups in total. The van der Waals surface area contributed by atoms with Crippen molar-refractivity contribution < 1.29 is 4.79 Å². The van der Waals surface area contributed by atoms with E-state index in [-0.39, 0.29) is 5.91 Å². The van der Waals surface area contributed by atoms with E-state index in [1.807, 2.05) is 6.07 Å². The third-order valence-corrected chi connectivity index (χ3v) is 3.06. The molecule has 0 spiro atoms. The van der Waals surface area contributed by atoms with Gasteiger partial charge in [-0.15, -0.1) is 0 Å². The van der Waals surface area contributed by atoms with Crippen molar-refractivity contribution in [3.05, 3.63) is 59.3 Å². The fraction of sp³-hybridized carbons (Fsp3) is 0.250. The zero-order valence-electron chi connectivity index (χ0n) is 11.8. The molecule has 2 rings (SSSR count). The minimum atomic E-state index is -0.0726. The molecule has 1 heterocycles. The highest BCUT2D eigenvalue weighted by molar-refractivity contribution is 5.94. The van der Waals surface area contributed by atoms with E-state index in [4.69, 9.17) is 0 Å². The van der Waals surface area contributed by atoms with Crippen LogP contribution in [0.2, 0.25) is 0 Å². The van der Waals surface area contributed by atoms with Crippen LogP contribution in [0.5, 0.6) is 0 Å². The summed E-state index contributed by atoms with van der Waals surface area (Å²) in [6.45, 7) is 2.69. The number of carbonyl (C=O) groups is 1. The SMILES string of the molecule is CNc1cc(C(=O)NCCc2cccc(C)c2)ccn1. The van der Waals surface area contributed by atoms with E-state index in [2.05, 4.69) is 40.7 Å². The van der Waals surface area contributed by atoms with Gasteiger partial charge >= 0.3 is 0 Å². The van der Waals surface area contributed by atoms with Gasteiger partial charge in [-0.2, -0.15) is 0 Å². The van der Waals surface area contributed by atoms with Gasteiger partial charge in [-0.3, -0.25) is 4.79 Å². The number of carbonyl (C=O) groups excluding carboxylic acids is 1. The Morgan fingerprint density at radius 2 is 2.10 bits per heavy atom. The monoisotopic (exact) mass is 269 g/mol. The van der Waals surface area contributed by atoms with Crippen molar-refractivity contribution in [3.8, 4) is 0 Å². The number of hydrogen-bond acceptors (Lipinski definition) is 3. The number of anilines is 1. The summed E-state index contributed by atoms with van der Waals surface area (Å²) in [5.74, 6) is 0.618. The van der Waals surface area contributed by atoms with E-state index in [0.29, 0.717) is 17.9 Å². The molecule has 1 aromatic carbocycles. The summed E-state index contributed by atoms with van der Waals surface area (Å²) >= 11 is 0. The zero-order chi connectivity index (χ0) is 14.4. The van der Waals surface area contributed by atoms with Gasteiger partial charge in [0.05, 0.1) is 0 Å². The molecule has 0 bridgehead atoms. The average molecular weight is 269 g/mol. The van der Waals surface area contributed by atoms with Gasteiger partial charge in [0.1, 0.15) is 5.82 Å². The number of nitrogens with one attached hydrogen (secondary N) is 2. The molecule has 1 aromatic heterocycles. The lowest BCUT2D eigenvalue weighted by Gasteiger charge is -2.07. The Labute approximate surface area is 119 Å². The maximum atomic E-state index is 12.0. The minimum absolute atomic E-state index is 0.0726. The number of aromatic nitrogens is 1. The summed E-state index contributed by atoms with van der Waals surface area (Å²) in [6.07, 6.45) is 2.46. The van der Waals surface area contributed by atoms with Gasteiger partial charge in [-0.1, -0.05) is 29.8 Å². The van der Waals surface area contributed by atoms with E-state index in [0.717, 1.165) is 6.42 Å². The van der Waals surface area contributed by atoms with Crippen LogP contribution in [0.3, 0.4) is 0 Å². The first-order valence-electron chi connectivity index (χ1n) is 6.66. The highest BCUT2D eigenvalue weighted by Gasteiger charge is 2.05. The van der Waals surface area contributed by atoms with Crippen molar-refractivity contribution in [1.29, 1.82) is 0 Å². The van der Waals surface area contributed by atoms with E-state index < -0.39 is 0 Å². The first-order chi connectivity index (χ1) is 9.69. The molecular weight excluding hydrogens is 250 g/mol. The van der Waals surface area contributed by atoms with Crippen LogP contribution >= 0.6 is 0 Å². The van der Waals surface area contributed by atoms with Crippen LogP contribution < -0.4 is 10.6 Å². The Balaban J connectivity index is 1.89. The highest BCUT2D eigenvalue weighted by Crippen LogP contribution is 2.06. The molecule has 0 fully saturated rings. The Morgan fingerprint density at radius 1 is 1.25 bits per heavy atom. The van der Waals surface area contributed by atoms with Crippen LogP contribution in [0.25, 0.3) is 0 Å². The maximum absolute atomic E-state index is 12.0. The summed E-state index contributed by atoms with van der Waals surface area (Å²) in [5, 5.41) is 5.84. The number of pyridine rings is 1. The van der Waals surface area contributed by atoms with Gasteiger partial charge in [-0.25, -0.2) is 4.98 Å². The van der Waals surface area contributed by atoms with Crippen molar-refractivity contribution in [2.24, 2.45) is 0 Å². The van der Waals surface area contributed by atoms with Gasteiger partial charge < -0.3 is 10.6 Å². The molecule has 0 atom stereocenters. The van der Waals surface area contributed by atoms with E-state index >= 15 is 0 Å². The van der Waals surface area contributed by atoms with Gasteiger partial charge in [0.25, 0.3) is 5.91 Å². The molecule has 0 aliphatic carbocycles. The Bertz CT molecular complexity index is 596. The average Bonchev–Trinajstić information content (AvgIpc) is 2.47. The second-order valence-corrected chi connectivity index (χ2v) is 4.67. The number of hydrogen-bond donors (Lipinski definition) is 2. The molecule has 0 unspecified atom stereocenters. The lowest BCUT2D eigenvalue weighted by atomic mass is 10.1.